The standard InChI is InChI=1S/C24H30Cl2N2O2S/c1-16-7-6-8-19(11-16)14-31-15-22(29)28(17(2)23(30)27-24(3,4)5)13-18-9-10-20(25)21(26)12-18/h6-12,17H,13-15H2,1-5H3,(H,27,30). The average molecular weight is 481 g/mol. The summed E-state index contributed by atoms with van der Waals surface area (Å²) >= 11 is 13.7. The molecule has 0 aromatic heterocycles. The van der Waals surface area contributed by atoms with Crippen LogP contribution >= 0.6 is 35.0 Å². The maximum absolute atomic E-state index is 13.1. The lowest BCUT2D eigenvalue weighted by Gasteiger charge is -2.31. The molecule has 2 aromatic rings. The Hall–Kier alpha value is -1.69. The molecule has 2 aromatic carbocycles. The second-order valence-electron chi connectivity index (χ2n) is 8.67. The molecule has 4 nitrogen and oxygen atoms in total. The Morgan fingerprint density at radius 2 is 1.77 bits per heavy atom. The van der Waals surface area contributed by atoms with Crippen LogP contribution in [-0.4, -0.2) is 34.0 Å². The van der Waals surface area contributed by atoms with E-state index in [0.29, 0.717) is 10.0 Å². The predicted molar refractivity (Wildman–Crippen MR) is 132 cm³/mol. The summed E-state index contributed by atoms with van der Waals surface area (Å²) in [7, 11) is 0. The van der Waals surface area contributed by atoms with Gasteiger partial charge in [-0.3, -0.25) is 9.59 Å². The average Bonchev–Trinajstić information content (AvgIpc) is 2.67. The number of rotatable bonds is 8. The molecule has 0 bridgehead atoms. The summed E-state index contributed by atoms with van der Waals surface area (Å²) in [4.78, 5) is 27.5. The lowest BCUT2D eigenvalue weighted by Crippen LogP contribution is -2.52. The van der Waals surface area contributed by atoms with Crippen LogP contribution in [0, 0.1) is 6.92 Å². The highest BCUT2D eigenvalue weighted by Crippen LogP contribution is 2.24. The van der Waals surface area contributed by atoms with Crippen molar-refractivity contribution in [2.75, 3.05) is 5.75 Å². The third-order valence-electron chi connectivity index (χ3n) is 4.58. The molecule has 0 aliphatic heterocycles. The van der Waals surface area contributed by atoms with Crippen LogP contribution in [0.3, 0.4) is 0 Å². The maximum Gasteiger partial charge on any atom is 0.242 e. The molecule has 2 rings (SSSR count). The van der Waals surface area contributed by atoms with Crippen LogP contribution in [-0.2, 0) is 21.9 Å². The van der Waals surface area contributed by atoms with Gasteiger partial charge in [-0.05, 0) is 57.9 Å². The number of nitrogens with zero attached hydrogens (tertiary/aromatic N) is 1. The number of benzene rings is 2. The van der Waals surface area contributed by atoms with E-state index in [2.05, 4.69) is 17.4 Å². The van der Waals surface area contributed by atoms with Gasteiger partial charge in [-0.1, -0.05) is 59.1 Å². The number of carbonyl (C=O) groups is 2. The van der Waals surface area contributed by atoms with Gasteiger partial charge in [0, 0.05) is 17.8 Å². The summed E-state index contributed by atoms with van der Waals surface area (Å²) in [6, 6.07) is 12.9. The molecule has 168 valence electrons. The molecule has 31 heavy (non-hydrogen) atoms. The SMILES string of the molecule is Cc1cccc(CSCC(=O)N(Cc2ccc(Cl)c(Cl)c2)C(C)C(=O)NC(C)(C)C)c1. The molecule has 1 N–H and O–H groups in total. The van der Waals surface area contributed by atoms with Crippen molar-refractivity contribution < 1.29 is 9.59 Å². The van der Waals surface area contributed by atoms with Gasteiger partial charge in [-0.15, -0.1) is 11.8 Å². The van der Waals surface area contributed by atoms with Gasteiger partial charge < -0.3 is 10.2 Å². The van der Waals surface area contributed by atoms with E-state index in [-0.39, 0.29) is 29.7 Å². The molecule has 0 spiro atoms. The quantitative estimate of drug-likeness (QED) is 0.513. The summed E-state index contributed by atoms with van der Waals surface area (Å²) in [5, 5.41) is 3.84. The third kappa shape index (κ3) is 8.40. The van der Waals surface area contributed by atoms with Gasteiger partial charge in [0.1, 0.15) is 6.04 Å². The Balaban J connectivity index is 2.13. The van der Waals surface area contributed by atoms with Crippen LogP contribution < -0.4 is 5.32 Å². The monoisotopic (exact) mass is 480 g/mol. The first-order valence-electron chi connectivity index (χ1n) is 10.1. The van der Waals surface area contributed by atoms with E-state index in [0.717, 1.165) is 11.3 Å². The Labute approximate surface area is 199 Å². The van der Waals surface area contributed by atoms with Gasteiger partial charge in [-0.25, -0.2) is 0 Å². The van der Waals surface area contributed by atoms with Crippen LogP contribution in [0.1, 0.15) is 44.4 Å². The molecular formula is C24H30Cl2N2O2S. The molecule has 0 aliphatic carbocycles. The fourth-order valence-electron chi connectivity index (χ4n) is 3.03. The number of hydrogen-bond donors (Lipinski definition) is 1. The van der Waals surface area contributed by atoms with Crippen LogP contribution in [0.25, 0.3) is 0 Å². The lowest BCUT2D eigenvalue weighted by molar-refractivity contribution is -0.139. The minimum absolute atomic E-state index is 0.0970. The van der Waals surface area contributed by atoms with E-state index < -0.39 is 6.04 Å². The van der Waals surface area contributed by atoms with Crippen LogP contribution in [0.2, 0.25) is 10.0 Å². The number of carbonyl (C=O) groups excluding carboxylic acids is 2. The Bertz CT molecular complexity index is 928. The topological polar surface area (TPSA) is 49.4 Å². The zero-order valence-corrected chi connectivity index (χ0v) is 21.0. The lowest BCUT2D eigenvalue weighted by atomic mass is 10.1. The predicted octanol–water partition coefficient (Wildman–Crippen LogP) is 5.87. The Morgan fingerprint density at radius 1 is 1.06 bits per heavy atom. The highest BCUT2D eigenvalue weighted by atomic mass is 35.5. The van der Waals surface area contributed by atoms with Crippen LogP contribution in [0.15, 0.2) is 42.5 Å². The maximum atomic E-state index is 13.1. The molecule has 0 saturated carbocycles. The molecule has 0 aliphatic rings. The number of amides is 2. The normalized spacial score (nSPS) is 12.4. The van der Waals surface area contributed by atoms with Gasteiger partial charge >= 0.3 is 0 Å². The molecule has 1 atom stereocenters. The van der Waals surface area contributed by atoms with Crippen molar-refractivity contribution in [2.45, 2.75) is 58.5 Å². The fraction of sp³-hybridized carbons (Fsp3) is 0.417. The van der Waals surface area contributed by atoms with E-state index in [1.54, 1.807) is 24.0 Å². The first kappa shape index (κ1) is 25.6. The van der Waals surface area contributed by atoms with Gasteiger partial charge in [-0.2, -0.15) is 0 Å². The summed E-state index contributed by atoms with van der Waals surface area (Å²) in [5.41, 5.74) is 2.80. The van der Waals surface area contributed by atoms with Gasteiger partial charge in [0.15, 0.2) is 0 Å². The second kappa shape index (κ2) is 11.3. The van der Waals surface area contributed by atoms with Crippen molar-refractivity contribution >= 4 is 46.8 Å². The highest BCUT2D eigenvalue weighted by molar-refractivity contribution is 7.99. The number of halogens is 2. The van der Waals surface area contributed by atoms with Gasteiger partial charge in [0.25, 0.3) is 0 Å². The van der Waals surface area contributed by atoms with Crippen molar-refractivity contribution in [1.82, 2.24) is 10.2 Å². The van der Waals surface area contributed by atoms with Crippen molar-refractivity contribution in [3.8, 4) is 0 Å². The van der Waals surface area contributed by atoms with E-state index in [9.17, 15) is 9.59 Å². The number of hydrogen-bond acceptors (Lipinski definition) is 3. The van der Waals surface area contributed by atoms with Crippen molar-refractivity contribution in [3.63, 3.8) is 0 Å². The molecule has 0 saturated heterocycles. The highest BCUT2D eigenvalue weighted by Gasteiger charge is 2.28. The van der Waals surface area contributed by atoms with Crippen LogP contribution in [0.5, 0.6) is 0 Å². The molecule has 1 unspecified atom stereocenters. The van der Waals surface area contributed by atoms with Gasteiger partial charge in [0.2, 0.25) is 11.8 Å². The molecule has 2 amide bonds. The number of aryl methyl sites for hydroxylation is 1. The smallest absolute Gasteiger partial charge is 0.242 e. The second-order valence-corrected chi connectivity index (χ2v) is 10.5. The van der Waals surface area contributed by atoms with E-state index in [1.807, 2.05) is 45.9 Å². The number of thioether (sulfide) groups is 1. The minimum Gasteiger partial charge on any atom is -0.350 e. The molecule has 0 heterocycles. The first-order valence-corrected chi connectivity index (χ1v) is 12.1. The van der Waals surface area contributed by atoms with Crippen LogP contribution in [0.4, 0.5) is 0 Å². The zero-order chi connectivity index (χ0) is 23.2. The summed E-state index contributed by atoms with van der Waals surface area (Å²) in [5.74, 6) is 0.726. The fourth-order valence-corrected chi connectivity index (χ4v) is 4.21. The molecule has 0 radical (unpaired) electrons. The summed E-state index contributed by atoms with van der Waals surface area (Å²) in [6.45, 7) is 9.83. The molecule has 7 heteroatoms. The first-order chi connectivity index (χ1) is 14.5. The molecule has 0 fully saturated rings. The van der Waals surface area contributed by atoms with E-state index >= 15 is 0 Å². The summed E-state index contributed by atoms with van der Waals surface area (Å²) in [6.07, 6.45) is 0. The third-order valence-corrected chi connectivity index (χ3v) is 6.31. The van der Waals surface area contributed by atoms with E-state index in [1.165, 1.54) is 22.9 Å². The largest absolute Gasteiger partial charge is 0.350 e. The van der Waals surface area contributed by atoms with Gasteiger partial charge in [0.05, 0.1) is 15.8 Å². The molecular weight excluding hydrogens is 451 g/mol. The number of nitrogens with one attached hydrogen (secondary N) is 1. The zero-order valence-electron chi connectivity index (χ0n) is 18.7. The Morgan fingerprint density at radius 3 is 2.39 bits per heavy atom. The van der Waals surface area contributed by atoms with E-state index in [4.69, 9.17) is 23.2 Å². The summed E-state index contributed by atoms with van der Waals surface area (Å²) < 4.78 is 0. The van der Waals surface area contributed by atoms with Crippen molar-refractivity contribution in [2.24, 2.45) is 0 Å². The van der Waals surface area contributed by atoms with Crippen molar-refractivity contribution in [1.29, 1.82) is 0 Å². The van der Waals surface area contributed by atoms with Crippen molar-refractivity contribution in [3.05, 3.63) is 69.2 Å². The minimum atomic E-state index is -0.624. The Kier molecular flexibility index (Phi) is 9.28.